The maximum atomic E-state index is 5.97. The second kappa shape index (κ2) is 6.23. The van der Waals surface area contributed by atoms with E-state index >= 15 is 0 Å². The second-order valence-corrected chi connectivity index (χ2v) is 6.15. The Morgan fingerprint density at radius 1 is 1.35 bits per heavy atom. The molecule has 1 heterocycles. The molecule has 2 aromatic rings. The van der Waals surface area contributed by atoms with Gasteiger partial charge in [0.1, 0.15) is 10.8 Å². The highest BCUT2D eigenvalue weighted by atomic mass is 35.5. The van der Waals surface area contributed by atoms with Crippen LogP contribution in [0.3, 0.4) is 0 Å². The Kier molecular flexibility index (Phi) is 4.65. The lowest BCUT2D eigenvalue weighted by Crippen LogP contribution is -2.00. The molecule has 0 aliphatic heterocycles. The first-order valence-electron chi connectivity index (χ1n) is 5.06. The van der Waals surface area contributed by atoms with Crippen LogP contribution in [0, 0.1) is 6.92 Å². The first-order chi connectivity index (χ1) is 8.25. The number of ether oxygens (including phenoxy) is 1. The molecule has 2 rings (SSSR count). The molecule has 0 aliphatic carbocycles. The van der Waals surface area contributed by atoms with Crippen LogP contribution in [0.5, 0.6) is 5.75 Å². The average Bonchev–Trinajstić information content (AvgIpc) is 2.73. The minimum atomic E-state index is 0.604. The summed E-state index contributed by atoms with van der Waals surface area (Å²) in [5, 5.41) is 9.61. The SMILES string of the molecule is Cc1nnc(SCCOc2ccccc2Cl)s1. The van der Waals surface area contributed by atoms with Crippen LogP contribution in [0.1, 0.15) is 5.01 Å². The van der Waals surface area contributed by atoms with Crippen molar-refractivity contribution in [2.75, 3.05) is 12.4 Å². The second-order valence-electron chi connectivity index (χ2n) is 3.21. The number of thioether (sulfide) groups is 1. The van der Waals surface area contributed by atoms with Gasteiger partial charge in [-0.1, -0.05) is 46.8 Å². The van der Waals surface area contributed by atoms with E-state index in [1.165, 1.54) is 0 Å². The van der Waals surface area contributed by atoms with Crippen molar-refractivity contribution in [3.8, 4) is 5.75 Å². The van der Waals surface area contributed by atoms with Crippen molar-refractivity contribution in [1.29, 1.82) is 0 Å². The molecule has 0 saturated heterocycles. The largest absolute Gasteiger partial charge is 0.491 e. The Morgan fingerprint density at radius 2 is 2.18 bits per heavy atom. The first kappa shape index (κ1) is 12.7. The van der Waals surface area contributed by atoms with Gasteiger partial charge in [0.15, 0.2) is 4.34 Å². The summed E-state index contributed by atoms with van der Waals surface area (Å²) in [4.78, 5) is 0. The molecule has 3 nitrogen and oxygen atoms in total. The number of hydrogen-bond acceptors (Lipinski definition) is 5. The Morgan fingerprint density at radius 3 is 2.88 bits per heavy atom. The van der Waals surface area contributed by atoms with Gasteiger partial charge in [-0.15, -0.1) is 10.2 Å². The zero-order chi connectivity index (χ0) is 12.1. The van der Waals surface area contributed by atoms with Crippen molar-refractivity contribution >= 4 is 34.7 Å². The Labute approximate surface area is 113 Å². The molecule has 17 heavy (non-hydrogen) atoms. The number of nitrogens with zero attached hydrogens (tertiary/aromatic N) is 2. The first-order valence-corrected chi connectivity index (χ1v) is 7.24. The van der Waals surface area contributed by atoms with Gasteiger partial charge in [0.2, 0.25) is 0 Å². The van der Waals surface area contributed by atoms with E-state index in [9.17, 15) is 0 Å². The Hall–Kier alpha value is -0.780. The number of aryl methyl sites for hydroxylation is 1. The quantitative estimate of drug-likeness (QED) is 0.620. The van der Waals surface area contributed by atoms with Crippen LogP contribution in [0.4, 0.5) is 0 Å². The molecule has 0 N–H and O–H groups in total. The minimum absolute atomic E-state index is 0.604. The van der Waals surface area contributed by atoms with Gasteiger partial charge in [0, 0.05) is 5.75 Å². The Balaban J connectivity index is 1.75. The van der Waals surface area contributed by atoms with Gasteiger partial charge in [-0.3, -0.25) is 0 Å². The summed E-state index contributed by atoms with van der Waals surface area (Å²) in [7, 11) is 0. The fraction of sp³-hybridized carbons (Fsp3) is 0.273. The highest BCUT2D eigenvalue weighted by Gasteiger charge is 2.02. The van der Waals surface area contributed by atoms with E-state index in [1.54, 1.807) is 23.1 Å². The van der Waals surface area contributed by atoms with E-state index in [0.29, 0.717) is 11.6 Å². The van der Waals surface area contributed by atoms with E-state index in [-0.39, 0.29) is 0 Å². The van der Waals surface area contributed by atoms with Crippen molar-refractivity contribution in [2.45, 2.75) is 11.3 Å². The molecule has 0 radical (unpaired) electrons. The van der Waals surface area contributed by atoms with Gasteiger partial charge >= 0.3 is 0 Å². The van der Waals surface area contributed by atoms with Crippen LogP contribution in [-0.2, 0) is 0 Å². The van der Waals surface area contributed by atoms with E-state index in [2.05, 4.69) is 10.2 Å². The molecule has 0 saturated carbocycles. The van der Waals surface area contributed by atoms with Crippen LogP contribution in [0.15, 0.2) is 28.6 Å². The third-order valence-corrected chi connectivity index (χ3v) is 4.16. The maximum Gasteiger partial charge on any atom is 0.174 e. The highest BCUT2D eigenvalue weighted by molar-refractivity contribution is 8.01. The number of halogens is 1. The van der Waals surface area contributed by atoms with Crippen molar-refractivity contribution in [2.24, 2.45) is 0 Å². The van der Waals surface area contributed by atoms with Gasteiger partial charge in [-0.05, 0) is 19.1 Å². The van der Waals surface area contributed by atoms with E-state index < -0.39 is 0 Å². The lowest BCUT2D eigenvalue weighted by atomic mass is 10.3. The molecular weight excluding hydrogens is 276 g/mol. The van der Waals surface area contributed by atoms with Crippen LogP contribution in [0.2, 0.25) is 5.02 Å². The van der Waals surface area contributed by atoms with Crippen LogP contribution in [0.25, 0.3) is 0 Å². The molecule has 1 aromatic heterocycles. The third-order valence-electron chi connectivity index (χ3n) is 1.91. The third kappa shape index (κ3) is 3.87. The lowest BCUT2D eigenvalue weighted by Gasteiger charge is -2.06. The number of benzene rings is 1. The van der Waals surface area contributed by atoms with Gasteiger partial charge < -0.3 is 4.74 Å². The minimum Gasteiger partial charge on any atom is -0.491 e. The summed E-state index contributed by atoms with van der Waals surface area (Å²) < 4.78 is 6.55. The number of hydrogen-bond donors (Lipinski definition) is 0. The van der Waals surface area contributed by atoms with Crippen molar-refractivity contribution < 1.29 is 4.74 Å². The van der Waals surface area contributed by atoms with E-state index in [0.717, 1.165) is 20.8 Å². The number of rotatable bonds is 5. The van der Waals surface area contributed by atoms with E-state index in [4.69, 9.17) is 16.3 Å². The van der Waals surface area contributed by atoms with Gasteiger partial charge in [0.05, 0.1) is 11.6 Å². The van der Waals surface area contributed by atoms with Crippen LogP contribution in [-0.4, -0.2) is 22.6 Å². The highest BCUT2D eigenvalue weighted by Crippen LogP contribution is 2.25. The van der Waals surface area contributed by atoms with Gasteiger partial charge in [0.25, 0.3) is 0 Å². The van der Waals surface area contributed by atoms with Gasteiger partial charge in [-0.25, -0.2) is 0 Å². The zero-order valence-electron chi connectivity index (χ0n) is 9.22. The summed E-state index contributed by atoms with van der Waals surface area (Å²) in [5.41, 5.74) is 0. The molecule has 6 heteroatoms. The number of aromatic nitrogens is 2. The molecule has 0 amide bonds. The van der Waals surface area contributed by atoms with Gasteiger partial charge in [-0.2, -0.15) is 0 Å². The normalized spacial score (nSPS) is 10.5. The smallest absolute Gasteiger partial charge is 0.174 e. The molecular formula is C11H11ClN2OS2. The fourth-order valence-corrected chi connectivity index (χ4v) is 3.07. The summed E-state index contributed by atoms with van der Waals surface area (Å²) in [6, 6.07) is 7.47. The summed E-state index contributed by atoms with van der Waals surface area (Å²) in [6.45, 7) is 2.55. The van der Waals surface area contributed by atoms with Crippen molar-refractivity contribution in [3.63, 3.8) is 0 Å². The molecule has 0 unspecified atom stereocenters. The average molecular weight is 287 g/mol. The molecule has 0 bridgehead atoms. The van der Waals surface area contributed by atoms with E-state index in [1.807, 2.05) is 31.2 Å². The topological polar surface area (TPSA) is 35.0 Å². The standard InChI is InChI=1S/C11H11ClN2OS2/c1-8-13-14-11(17-8)16-7-6-15-10-5-3-2-4-9(10)12/h2-5H,6-7H2,1H3. The molecule has 0 atom stereocenters. The maximum absolute atomic E-state index is 5.97. The monoisotopic (exact) mass is 286 g/mol. The predicted molar refractivity (Wildman–Crippen MR) is 72.3 cm³/mol. The van der Waals surface area contributed by atoms with Crippen molar-refractivity contribution in [1.82, 2.24) is 10.2 Å². The fourth-order valence-electron chi connectivity index (χ4n) is 1.18. The Bertz CT molecular complexity index is 490. The zero-order valence-corrected chi connectivity index (χ0v) is 11.6. The molecule has 1 aromatic carbocycles. The van der Waals surface area contributed by atoms with Crippen LogP contribution >= 0.6 is 34.7 Å². The molecule has 0 spiro atoms. The molecule has 0 aliphatic rings. The summed E-state index contributed by atoms with van der Waals surface area (Å²) in [6.07, 6.45) is 0. The molecule has 0 fully saturated rings. The van der Waals surface area contributed by atoms with Crippen molar-refractivity contribution in [3.05, 3.63) is 34.3 Å². The lowest BCUT2D eigenvalue weighted by molar-refractivity contribution is 0.344. The number of para-hydroxylation sites is 1. The predicted octanol–water partition coefficient (Wildman–Crippen LogP) is 3.67. The van der Waals surface area contributed by atoms with Crippen LogP contribution < -0.4 is 4.74 Å². The molecule has 90 valence electrons. The summed E-state index contributed by atoms with van der Waals surface area (Å²) in [5.74, 6) is 1.56. The summed E-state index contributed by atoms with van der Waals surface area (Å²) >= 11 is 9.21.